The number of carbonyl (C=O) groups is 2. The predicted molar refractivity (Wildman–Crippen MR) is 115 cm³/mol. The molecule has 0 heterocycles. The smallest absolute Gasteiger partial charge is 0.0997 e. The fourth-order valence-corrected chi connectivity index (χ4v) is 2.50. The third-order valence-corrected chi connectivity index (χ3v) is 4.49. The first-order valence-corrected chi connectivity index (χ1v) is 9.63. The van der Waals surface area contributed by atoms with Gasteiger partial charge < -0.3 is 36.7 Å². The number of carbonyl (C=O) groups excluding carboxylic acids is 2. The summed E-state index contributed by atoms with van der Waals surface area (Å²) in [6.07, 6.45) is 0. The number of hydrogen-bond acceptors (Lipinski definition) is 4. The van der Waals surface area contributed by atoms with Gasteiger partial charge in [-0.2, -0.15) is 0 Å². The third kappa shape index (κ3) is 10.1. The van der Waals surface area contributed by atoms with E-state index in [0.29, 0.717) is 0 Å². The molecular weight excluding hydrogens is 443 g/mol. The average molecular weight is 467 g/mol. The fourth-order valence-electron chi connectivity index (χ4n) is 2.17. The molecule has 166 valence electrons. The largest absolute Gasteiger partial charge is 0.545 e. The van der Waals surface area contributed by atoms with Gasteiger partial charge in [0.1, 0.15) is 0 Å². The zero-order valence-electron chi connectivity index (χ0n) is 16.6. The van der Waals surface area contributed by atoms with Crippen LogP contribution in [0.15, 0.2) is 72.8 Å². The number of benzene rings is 3. The van der Waals surface area contributed by atoms with Crippen molar-refractivity contribution in [1.82, 2.24) is 0 Å². The lowest BCUT2D eigenvalue weighted by molar-refractivity contribution is -0.386. The standard InChI is InChI=1S/C8H4Cl2O4.2C7H9N.H2O/c9-5-1-3(7(11)12)4(8(13)14)2-6(5)10;2*8-6-7-4-2-1-3-5-7;/h1-2H,(H,11,12)(H,13,14);2*1-5H,6,8H2;1H2. The van der Waals surface area contributed by atoms with Gasteiger partial charge in [0.25, 0.3) is 0 Å². The Morgan fingerprint density at radius 2 is 0.968 bits per heavy atom. The Morgan fingerprint density at radius 1 is 0.677 bits per heavy atom. The van der Waals surface area contributed by atoms with Crippen LogP contribution in [0.4, 0.5) is 0 Å². The molecule has 7 nitrogen and oxygen atoms in total. The summed E-state index contributed by atoms with van der Waals surface area (Å²) < 4.78 is 0. The van der Waals surface area contributed by atoms with Crippen molar-refractivity contribution in [3.8, 4) is 0 Å². The van der Waals surface area contributed by atoms with E-state index >= 15 is 0 Å². The topological polar surface area (TPSA) is 167 Å². The molecule has 0 amide bonds. The van der Waals surface area contributed by atoms with Crippen molar-refractivity contribution >= 4 is 35.1 Å². The molecule has 3 rings (SSSR count). The van der Waals surface area contributed by atoms with Crippen molar-refractivity contribution in [1.29, 1.82) is 0 Å². The third-order valence-electron chi connectivity index (χ3n) is 3.76. The van der Waals surface area contributed by atoms with Gasteiger partial charge in [-0.25, -0.2) is 0 Å². The monoisotopic (exact) mass is 466 g/mol. The first kappa shape index (κ1) is 28.1. The average Bonchev–Trinajstić information content (AvgIpc) is 2.77. The summed E-state index contributed by atoms with van der Waals surface area (Å²) in [5.74, 6) is -3.30. The van der Waals surface area contributed by atoms with Gasteiger partial charge in [-0.15, -0.1) is 0 Å². The van der Waals surface area contributed by atoms with Crippen LogP contribution < -0.4 is 21.7 Å². The first-order valence-electron chi connectivity index (χ1n) is 8.88. The molecular formula is C22H24Cl2N2O5. The molecule has 0 saturated carbocycles. The molecule has 0 unspecified atom stereocenters. The first-order chi connectivity index (χ1) is 14.3. The zero-order chi connectivity index (χ0) is 22.5. The second-order valence-corrected chi connectivity index (χ2v) is 6.67. The van der Waals surface area contributed by atoms with E-state index in [9.17, 15) is 19.8 Å². The molecule has 31 heavy (non-hydrogen) atoms. The Bertz CT molecular complexity index is 876. The van der Waals surface area contributed by atoms with E-state index in [2.05, 4.69) is 35.7 Å². The molecule has 0 aliphatic heterocycles. The minimum Gasteiger partial charge on any atom is -0.545 e. The number of carboxylic acid groups (broad SMARTS) is 2. The van der Waals surface area contributed by atoms with E-state index in [0.717, 1.165) is 25.2 Å². The predicted octanol–water partition coefficient (Wildman–Crippen LogP) is -0.247. The second kappa shape index (κ2) is 15.0. The summed E-state index contributed by atoms with van der Waals surface area (Å²) in [5, 5.41) is 20.9. The van der Waals surface area contributed by atoms with Gasteiger partial charge in [0.15, 0.2) is 0 Å². The Balaban J connectivity index is 0.000000456. The number of carboxylic acids is 2. The Morgan fingerprint density at radius 3 is 1.16 bits per heavy atom. The van der Waals surface area contributed by atoms with Crippen molar-refractivity contribution in [3.63, 3.8) is 0 Å². The van der Waals surface area contributed by atoms with Gasteiger partial charge in [0.05, 0.1) is 35.1 Å². The second-order valence-electron chi connectivity index (χ2n) is 5.86. The zero-order valence-corrected chi connectivity index (χ0v) is 18.2. The van der Waals surface area contributed by atoms with E-state index in [1.165, 1.54) is 11.1 Å². The van der Waals surface area contributed by atoms with Gasteiger partial charge in [0, 0.05) is 22.3 Å². The summed E-state index contributed by atoms with van der Waals surface area (Å²) in [6, 6.07) is 22.3. The molecule has 0 atom stereocenters. The number of aromatic carboxylic acids is 2. The number of quaternary nitrogens is 2. The van der Waals surface area contributed by atoms with Gasteiger partial charge in [-0.1, -0.05) is 83.9 Å². The van der Waals surface area contributed by atoms with Gasteiger partial charge >= 0.3 is 0 Å². The molecule has 0 aromatic heterocycles. The maximum absolute atomic E-state index is 10.5. The summed E-state index contributed by atoms with van der Waals surface area (Å²) in [7, 11) is 0. The molecule has 9 heteroatoms. The molecule has 0 fully saturated rings. The van der Waals surface area contributed by atoms with Gasteiger partial charge in [-0.3, -0.25) is 0 Å². The lowest BCUT2D eigenvalue weighted by Crippen LogP contribution is -2.47. The molecule has 0 aliphatic rings. The van der Waals surface area contributed by atoms with Crippen LogP contribution in [-0.4, -0.2) is 17.4 Å². The Kier molecular flexibility index (Phi) is 13.5. The minimum atomic E-state index is -1.65. The molecule has 0 spiro atoms. The van der Waals surface area contributed by atoms with Crippen molar-refractivity contribution in [3.05, 3.63) is 105 Å². The molecule has 8 N–H and O–H groups in total. The minimum absolute atomic E-state index is 0. The lowest BCUT2D eigenvalue weighted by atomic mass is 10.1. The number of hydrogen-bond donors (Lipinski definition) is 2. The maximum atomic E-state index is 10.5. The summed E-state index contributed by atoms with van der Waals surface area (Å²) in [5.41, 5.74) is 9.00. The molecule has 0 bridgehead atoms. The van der Waals surface area contributed by atoms with Crippen LogP contribution in [0.5, 0.6) is 0 Å². The lowest BCUT2D eigenvalue weighted by Gasteiger charge is -2.12. The normalized spacial score (nSPS) is 9.16. The van der Waals surface area contributed by atoms with E-state index in [-0.39, 0.29) is 15.5 Å². The van der Waals surface area contributed by atoms with Crippen molar-refractivity contribution < 1.29 is 36.7 Å². The highest BCUT2D eigenvalue weighted by Crippen LogP contribution is 2.25. The van der Waals surface area contributed by atoms with Crippen LogP contribution >= 0.6 is 23.2 Å². The highest BCUT2D eigenvalue weighted by Gasteiger charge is 2.08. The van der Waals surface area contributed by atoms with Crippen LogP contribution in [-0.2, 0) is 13.1 Å². The van der Waals surface area contributed by atoms with Gasteiger partial charge in [0.2, 0.25) is 0 Å². The van der Waals surface area contributed by atoms with Crippen LogP contribution in [0.25, 0.3) is 0 Å². The Labute approximate surface area is 190 Å². The molecule has 3 aromatic carbocycles. The van der Waals surface area contributed by atoms with Crippen molar-refractivity contribution in [2.45, 2.75) is 13.1 Å². The van der Waals surface area contributed by atoms with Crippen LogP contribution in [0.2, 0.25) is 10.0 Å². The fraction of sp³-hybridized carbons (Fsp3) is 0.0909. The van der Waals surface area contributed by atoms with Crippen molar-refractivity contribution in [2.24, 2.45) is 0 Å². The quantitative estimate of drug-likeness (QED) is 0.540. The molecule has 0 radical (unpaired) electrons. The van der Waals surface area contributed by atoms with Crippen LogP contribution in [0, 0.1) is 0 Å². The highest BCUT2D eigenvalue weighted by molar-refractivity contribution is 6.42. The van der Waals surface area contributed by atoms with E-state index in [1.54, 1.807) is 0 Å². The summed E-state index contributed by atoms with van der Waals surface area (Å²) in [4.78, 5) is 21.0. The molecule has 3 aromatic rings. The number of halogens is 2. The molecule has 0 saturated heterocycles. The van der Waals surface area contributed by atoms with Gasteiger partial charge in [-0.05, 0) is 12.1 Å². The summed E-state index contributed by atoms with van der Waals surface area (Å²) in [6.45, 7) is 1.78. The van der Waals surface area contributed by atoms with E-state index in [1.807, 2.05) is 36.4 Å². The Hall–Kier alpha value is -2.94. The molecule has 0 aliphatic carbocycles. The van der Waals surface area contributed by atoms with Crippen LogP contribution in [0.3, 0.4) is 0 Å². The highest BCUT2D eigenvalue weighted by atomic mass is 35.5. The summed E-state index contributed by atoms with van der Waals surface area (Å²) >= 11 is 11.0. The van der Waals surface area contributed by atoms with E-state index in [4.69, 9.17) is 23.2 Å². The van der Waals surface area contributed by atoms with Crippen LogP contribution in [0.1, 0.15) is 31.8 Å². The SMILES string of the molecule is O.O=C([O-])c1cc(Cl)c(Cl)cc1C(=O)[O-].[NH3+]Cc1ccccc1.[NH3+]Cc1ccccc1. The number of rotatable bonds is 4. The van der Waals surface area contributed by atoms with E-state index < -0.39 is 23.1 Å². The maximum Gasteiger partial charge on any atom is 0.0997 e. The van der Waals surface area contributed by atoms with Crippen molar-refractivity contribution in [2.75, 3.05) is 0 Å².